The van der Waals surface area contributed by atoms with Crippen molar-refractivity contribution in [1.29, 1.82) is 0 Å². The first kappa shape index (κ1) is 8.25. The van der Waals surface area contributed by atoms with E-state index in [-0.39, 0.29) is 5.41 Å². The molecular weight excluding hydrogens is 134 g/mol. The maximum absolute atomic E-state index is 4.31. The van der Waals surface area contributed by atoms with Crippen LogP contribution < -0.4 is 0 Å². The van der Waals surface area contributed by atoms with Crippen molar-refractivity contribution in [3.05, 3.63) is 29.6 Å². The number of aryl methyl sites for hydroxylation is 1. The summed E-state index contributed by atoms with van der Waals surface area (Å²) in [5.41, 5.74) is 2.62. The highest BCUT2D eigenvalue weighted by atomic mass is 14.7. The van der Waals surface area contributed by atoms with E-state index in [0.717, 1.165) is 5.69 Å². The Morgan fingerprint density at radius 2 is 1.91 bits per heavy atom. The van der Waals surface area contributed by atoms with Crippen molar-refractivity contribution < 1.29 is 0 Å². The molecule has 0 aliphatic heterocycles. The van der Waals surface area contributed by atoms with E-state index in [0.29, 0.717) is 0 Å². The Morgan fingerprint density at radius 3 is 2.27 bits per heavy atom. The molecule has 0 aromatic carbocycles. The normalized spacial score (nSPS) is 11.6. The van der Waals surface area contributed by atoms with E-state index in [2.05, 4.69) is 38.7 Å². The summed E-state index contributed by atoms with van der Waals surface area (Å²) in [6.07, 6.45) is 1.87. The van der Waals surface area contributed by atoms with E-state index >= 15 is 0 Å². The third-order valence-electron chi connectivity index (χ3n) is 1.68. The second kappa shape index (κ2) is 2.65. The minimum atomic E-state index is 0.173. The molecule has 1 heteroatoms. The Balaban J connectivity index is 3.06. The Morgan fingerprint density at radius 1 is 1.27 bits per heavy atom. The van der Waals surface area contributed by atoms with Crippen LogP contribution in [0.1, 0.15) is 32.0 Å². The molecule has 0 bridgehead atoms. The highest BCUT2D eigenvalue weighted by Gasteiger charge is 2.14. The third kappa shape index (κ3) is 2.04. The fourth-order valence-corrected chi connectivity index (χ4v) is 0.946. The topological polar surface area (TPSA) is 12.9 Å². The van der Waals surface area contributed by atoms with Gasteiger partial charge in [0.05, 0.1) is 0 Å². The average Bonchev–Trinajstić information content (AvgIpc) is 1.86. The van der Waals surface area contributed by atoms with E-state index in [1.165, 1.54) is 5.56 Å². The maximum atomic E-state index is 4.31. The first-order valence-corrected chi connectivity index (χ1v) is 3.93. The molecule has 1 nitrogen and oxygen atoms in total. The minimum absolute atomic E-state index is 0.173. The molecule has 0 unspecified atom stereocenters. The van der Waals surface area contributed by atoms with Crippen LogP contribution in [0.3, 0.4) is 0 Å². The molecule has 11 heavy (non-hydrogen) atoms. The van der Waals surface area contributed by atoms with Gasteiger partial charge >= 0.3 is 0 Å². The van der Waals surface area contributed by atoms with Crippen LogP contribution in [0.2, 0.25) is 0 Å². The van der Waals surface area contributed by atoms with Gasteiger partial charge in [0.2, 0.25) is 0 Å². The molecule has 1 rings (SSSR count). The number of hydrogen-bond donors (Lipinski definition) is 0. The summed E-state index contributed by atoms with van der Waals surface area (Å²) >= 11 is 0. The van der Waals surface area contributed by atoms with Gasteiger partial charge in [-0.15, -0.1) is 0 Å². The lowest BCUT2D eigenvalue weighted by Crippen LogP contribution is -2.13. The van der Waals surface area contributed by atoms with Crippen LogP contribution >= 0.6 is 0 Å². The van der Waals surface area contributed by atoms with E-state index < -0.39 is 0 Å². The smallest absolute Gasteiger partial charge is 0.0459 e. The second-order valence-electron chi connectivity index (χ2n) is 3.97. The largest absolute Gasteiger partial charge is 0.261 e. The molecule has 0 aliphatic carbocycles. The molecule has 0 saturated carbocycles. The SMILES string of the molecule is Cc1ccnc(C(C)(C)C)c1. The van der Waals surface area contributed by atoms with Crippen LogP contribution in [0.25, 0.3) is 0 Å². The highest BCUT2D eigenvalue weighted by molar-refractivity contribution is 5.19. The van der Waals surface area contributed by atoms with Gasteiger partial charge in [0.15, 0.2) is 0 Å². The molecule has 60 valence electrons. The molecule has 0 atom stereocenters. The summed E-state index contributed by atoms with van der Waals surface area (Å²) in [5, 5.41) is 0. The number of nitrogens with zero attached hydrogens (tertiary/aromatic N) is 1. The van der Waals surface area contributed by atoms with Gasteiger partial charge in [-0.2, -0.15) is 0 Å². The zero-order valence-corrected chi connectivity index (χ0v) is 7.68. The summed E-state index contributed by atoms with van der Waals surface area (Å²) < 4.78 is 0. The molecule has 1 aromatic rings. The molecule has 0 saturated heterocycles. The summed E-state index contributed by atoms with van der Waals surface area (Å²) in [6.45, 7) is 8.62. The van der Waals surface area contributed by atoms with Gasteiger partial charge in [0.25, 0.3) is 0 Å². The molecule has 0 radical (unpaired) electrons. The van der Waals surface area contributed by atoms with Gasteiger partial charge in [-0.05, 0) is 24.6 Å². The Labute approximate surface area is 68.5 Å². The van der Waals surface area contributed by atoms with E-state index in [1.807, 2.05) is 12.3 Å². The van der Waals surface area contributed by atoms with Crippen molar-refractivity contribution >= 4 is 0 Å². The van der Waals surface area contributed by atoms with Crippen LogP contribution in [0.5, 0.6) is 0 Å². The summed E-state index contributed by atoms with van der Waals surface area (Å²) in [6, 6.07) is 4.16. The molecule has 0 amide bonds. The summed E-state index contributed by atoms with van der Waals surface area (Å²) in [4.78, 5) is 4.31. The van der Waals surface area contributed by atoms with Crippen molar-refractivity contribution in [3.63, 3.8) is 0 Å². The molecule has 0 aliphatic rings. The lowest BCUT2D eigenvalue weighted by Gasteiger charge is -2.17. The first-order valence-electron chi connectivity index (χ1n) is 3.93. The van der Waals surface area contributed by atoms with Crippen molar-refractivity contribution in [2.75, 3.05) is 0 Å². The molecule has 0 N–H and O–H groups in total. The second-order valence-corrected chi connectivity index (χ2v) is 3.97. The highest BCUT2D eigenvalue weighted by Crippen LogP contribution is 2.19. The van der Waals surface area contributed by atoms with Crippen molar-refractivity contribution in [2.24, 2.45) is 0 Å². The fourth-order valence-electron chi connectivity index (χ4n) is 0.946. The summed E-state index contributed by atoms with van der Waals surface area (Å²) in [7, 11) is 0. The number of hydrogen-bond acceptors (Lipinski definition) is 1. The number of rotatable bonds is 0. The van der Waals surface area contributed by atoms with E-state index in [9.17, 15) is 0 Å². The first-order chi connectivity index (χ1) is 5.00. The molecular formula is C10H15N. The lowest BCUT2D eigenvalue weighted by molar-refractivity contribution is 0.568. The predicted octanol–water partition coefficient (Wildman–Crippen LogP) is 2.69. The van der Waals surface area contributed by atoms with Gasteiger partial charge in [0, 0.05) is 17.3 Å². The van der Waals surface area contributed by atoms with Gasteiger partial charge in [0.1, 0.15) is 0 Å². The number of pyridine rings is 1. The van der Waals surface area contributed by atoms with Crippen LogP contribution in [0.15, 0.2) is 18.3 Å². The van der Waals surface area contributed by atoms with E-state index in [4.69, 9.17) is 0 Å². The summed E-state index contributed by atoms with van der Waals surface area (Å²) in [5.74, 6) is 0. The Bertz CT molecular complexity index is 245. The lowest BCUT2D eigenvalue weighted by atomic mass is 9.91. The third-order valence-corrected chi connectivity index (χ3v) is 1.68. The van der Waals surface area contributed by atoms with Gasteiger partial charge in [-0.1, -0.05) is 20.8 Å². The quantitative estimate of drug-likeness (QED) is 0.552. The van der Waals surface area contributed by atoms with Crippen LogP contribution in [-0.4, -0.2) is 4.98 Å². The fraction of sp³-hybridized carbons (Fsp3) is 0.500. The molecule has 1 heterocycles. The van der Waals surface area contributed by atoms with Crippen molar-refractivity contribution in [2.45, 2.75) is 33.1 Å². The van der Waals surface area contributed by atoms with Gasteiger partial charge < -0.3 is 0 Å². The van der Waals surface area contributed by atoms with Crippen molar-refractivity contribution in [1.82, 2.24) is 4.98 Å². The van der Waals surface area contributed by atoms with E-state index in [1.54, 1.807) is 0 Å². The maximum Gasteiger partial charge on any atom is 0.0459 e. The Hall–Kier alpha value is -0.850. The van der Waals surface area contributed by atoms with Gasteiger partial charge in [-0.3, -0.25) is 4.98 Å². The molecule has 1 aromatic heterocycles. The minimum Gasteiger partial charge on any atom is -0.261 e. The average molecular weight is 149 g/mol. The molecule has 0 spiro atoms. The standard InChI is InChI=1S/C10H15N/c1-8-5-6-11-9(7-8)10(2,3)4/h5-7H,1-4H3. The zero-order chi connectivity index (χ0) is 8.48. The zero-order valence-electron chi connectivity index (χ0n) is 7.68. The van der Waals surface area contributed by atoms with Crippen molar-refractivity contribution in [3.8, 4) is 0 Å². The van der Waals surface area contributed by atoms with Gasteiger partial charge in [-0.25, -0.2) is 0 Å². The molecule has 0 fully saturated rings. The number of aromatic nitrogens is 1. The van der Waals surface area contributed by atoms with Crippen LogP contribution in [0.4, 0.5) is 0 Å². The van der Waals surface area contributed by atoms with Crippen LogP contribution in [-0.2, 0) is 5.41 Å². The monoisotopic (exact) mass is 149 g/mol. The Kier molecular flexibility index (Phi) is 1.99. The predicted molar refractivity (Wildman–Crippen MR) is 47.7 cm³/mol. The van der Waals surface area contributed by atoms with Crippen LogP contribution in [0, 0.1) is 6.92 Å².